The van der Waals surface area contributed by atoms with Crippen LogP contribution in [0.5, 0.6) is 5.75 Å². The van der Waals surface area contributed by atoms with Gasteiger partial charge in [0.25, 0.3) is 0 Å². The number of rotatable bonds is 9. The molecule has 0 aliphatic heterocycles. The van der Waals surface area contributed by atoms with Gasteiger partial charge in [-0.05, 0) is 12.1 Å². The predicted octanol–water partition coefficient (Wildman–Crippen LogP) is 1.90. The maximum atomic E-state index is 9.65. The number of hydrogen-bond acceptors (Lipinski definition) is 5. The number of methoxy groups -OCH3 is 1. The Morgan fingerprint density at radius 3 is 2.84 bits per heavy atom. The highest BCUT2D eigenvalue weighted by atomic mass is 35.5. The second-order valence-electron chi connectivity index (χ2n) is 3.73. The van der Waals surface area contributed by atoms with Gasteiger partial charge in [-0.1, -0.05) is 23.2 Å². The minimum absolute atomic E-state index is 0.0840. The molecule has 1 rings (SSSR count). The molecule has 1 unspecified atom stereocenters. The average molecular weight is 310 g/mol. The number of nitrogens with one attached hydrogen (secondary N) is 1. The molecule has 0 amide bonds. The summed E-state index contributed by atoms with van der Waals surface area (Å²) in [7, 11) is 1.58. The summed E-state index contributed by atoms with van der Waals surface area (Å²) in [5.74, 6) is 0.438. The van der Waals surface area contributed by atoms with E-state index in [0.29, 0.717) is 29.0 Å². The van der Waals surface area contributed by atoms with Gasteiger partial charge in [0, 0.05) is 18.2 Å². The van der Waals surface area contributed by atoms with Gasteiger partial charge in [-0.15, -0.1) is 0 Å². The molecule has 1 aromatic carbocycles. The maximum absolute atomic E-state index is 9.65. The smallest absolute Gasteiger partial charge is 0.139 e. The Bertz CT molecular complexity index is 379. The number of aliphatic hydroxyl groups is 1. The molecule has 0 aliphatic carbocycles. The fraction of sp³-hybridized carbons (Fsp3) is 0.500. The molecule has 0 aliphatic rings. The second kappa shape index (κ2) is 9.36. The third kappa shape index (κ3) is 6.96. The normalized spacial score (nSPS) is 12.4. The standard InChI is InChI=1S/C12H17Cl2NO4/c1-17-4-5-19-15-7-10(16)8-18-12-6-9(13)2-3-11(12)14/h2-3,6,10,15-16H,4-5,7-8H2,1H3. The van der Waals surface area contributed by atoms with E-state index in [2.05, 4.69) is 5.48 Å². The molecule has 108 valence electrons. The van der Waals surface area contributed by atoms with Crippen molar-refractivity contribution in [3.63, 3.8) is 0 Å². The summed E-state index contributed by atoms with van der Waals surface area (Å²) in [5.41, 5.74) is 2.61. The van der Waals surface area contributed by atoms with E-state index in [1.165, 1.54) is 0 Å². The van der Waals surface area contributed by atoms with Crippen molar-refractivity contribution in [2.24, 2.45) is 0 Å². The molecular formula is C12H17Cl2NO4. The highest BCUT2D eigenvalue weighted by molar-refractivity contribution is 6.34. The first-order valence-electron chi connectivity index (χ1n) is 5.73. The highest BCUT2D eigenvalue weighted by Gasteiger charge is 2.08. The van der Waals surface area contributed by atoms with Crippen molar-refractivity contribution in [2.75, 3.05) is 33.5 Å². The molecule has 0 heterocycles. The molecule has 0 spiro atoms. The Labute approximate surface area is 122 Å². The molecule has 0 bridgehead atoms. The molecule has 0 fully saturated rings. The van der Waals surface area contributed by atoms with Crippen LogP contribution in [0.15, 0.2) is 18.2 Å². The largest absolute Gasteiger partial charge is 0.489 e. The number of halogens is 2. The van der Waals surface area contributed by atoms with Crippen molar-refractivity contribution < 1.29 is 19.4 Å². The number of hydrogen-bond donors (Lipinski definition) is 2. The predicted molar refractivity (Wildman–Crippen MR) is 73.8 cm³/mol. The monoisotopic (exact) mass is 309 g/mol. The summed E-state index contributed by atoms with van der Waals surface area (Å²) in [4.78, 5) is 5.00. The van der Waals surface area contributed by atoms with Crippen molar-refractivity contribution in [1.82, 2.24) is 5.48 Å². The van der Waals surface area contributed by atoms with E-state index < -0.39 is 6.10 Å². The lowest BCUT2D eigenvalue weighted by Gasteiger charge is -2.14. The molecule has 0 saturated carbocycles. The lowest BCUT2D eigenvalue weighted by atomic mass is 10.3. The Hall–Kier alpha value is -0.560. The van der Waals surface area contributed by atoms with Crippen LogP contribution in [-0.4, -0.2) is 44.7 Å². The second-order valence-corrected chi connectivity index (χ2v) is 4.57. The fourth-order valence-corrected chi connectivity index (χ4v) is 1.52. The van der Waals surface area contributed by atoms with E-state index in [4.69, 9.17) is 37.5 Å². The summed E-state index contributed by atoms with van der Waals surface area (Å²) >= 11 is 11.7. The Morgan fingerprint density at radius 1 is 1.32 bits per heavy atom. The summed E-state index contributed by atoms with van der Waals surface area (Å²) in [6.45, 7) is 1.21. The molecule has 2 N–H and O–H groups in total. The molecule has 0 aromatic heterocycles. The van der Waals surface area contributed by atoms with Crippen LogP contribution >= 0.6 is 23.2 Å². The van der Waals surface area contributed by atoms with E-state index in [1.807, 2.05) is 0 Å². The van der Waals surface area contributed by atoms with Gasteiger partial charge >= 0.3 is 0 Å². The summed E-state index contributed by atoms with van der Waals surface area (Å²) < 4.78 is 10.2. The van der Waals surface area contributed by atoms with Gasteiger partial charge in [-0.3, -0.25) is 4.84 Å². The van der Waals surface area contributed by atoms with Crippen LogP contribution in [0.2, 0.25) is 10.0 Å². The summed E-state index contributed by atoms with van der Waals surface area (Å²) in [6, 6.07) is 4.90. The Morgan fingerprint density at radius 2 is 2.11 bits per heavy atom. The highest BCUT2D eigenvalue weighted by Crippen LogP contribution is 2.27. The first kappa shape index (κ1) is 16.5. The number of hydroxylamine groups is 1. The maximum Gasteiger partial charge on any atom is 0.139 e. The van der Waals surface area contributed by atoms with Gasteiger partial charge < -0.3 is 14.6 Å². The van der Waals surface area contributed by atoms with Crippen molar-refractivity contribution in [2.45, 2.75) is 6.10 Å². The molecule has 19 heavy (non-hydrogen) atoms. The lowest BCUT2D eigenvalue weighted by Crippen LogP contribution is -2.32. The quantitative estimate of drug-likeness (QED) is 0.539. The molecule has 5 nitrogen and oxygen atoms in total. The fourth-order valence-electron chi connectivity index (χ4n) is 1.18. The van der Waals surface area contributed by atoms with Gasteiger partial charge in [0.15, 0.2) is 0 Å². The van der Waals surface area contributed by atoms with Crippen molar-refractivity contribution in [3.8, 4) is 5.75 Å². The Balaban J connectivity index is 2.22. The molecule has 0 radical (unpaired) electrons. The van der Waals surface area contributed by atoms with Gasteiger partial charge in [0.05, 0.1) is 24.8 Å². The van der Waals surface area contributed by atoms with Crippen LogP contribution in [0, 0.1) is 0 Å². The zero-order valence-electron chi connectivity index (χ0n) is 10.6. The molecule has 1 atom stereocenters. The van der Waals surface area contributed by atoms with Crippen LogP contribution in [-0.2, 0) is 9.57 Å². The topological polar surface area (TPSA) is 60.0 Å². The van der Waals surface area contributed by atoms with Crippen molar-refractivity contribution in [3.05, 3.63) is 28.2 Å². The molecular weight excluding hydrogens is 293 g/mol. The van der Waals surface area contributed by atoms with Crippen LogP contribution in [0.25, 0.3) is 0 Å². The van der Waals surface area contributed by atoms with E-state index in [0.717, 1.165) is 0 Å². The van der Waals surface area contributed by atoms with Gasteiger partial charge in [-0.2, -0.15) is 5.48 Å². The van der Waals surface area contributed by atoms with Crippen LogP contribution in [0.1, 0.15) is 0 Å². The number of ether oxygens (including phenoxy) is 2. The third-order valence-electron chi connectivity index (χ3n) is 2.14. The molecule has 1 aromatic rings. The average Bonchev–Trinajstić information content (AvgIpc) is 2.39. The first-order valence-corrected chi connectivity index (χ1v) is 6.48. The van der Waals surface area contributed by atoms with E-state index >= 15 is 0 Å². The van der Waals surface area contributed by atoms with Gasteiger partial charge in [0.1, 0.15) is 18.5 Å². The Kier molecular flexibility index (Phi) is 8.13. The zero-order chi connectivity index (χ0) is 14.1. The zero-order valence-corrected chi connectivity index (χ0v) is 12.1. The minimum Gasteiger partial charge on any atom is -0.489 e. The number of aliphatic hydroxyl groups excluding tert-OH is 1. The molecule has 7 heteroatoms. The van der Waals surface area contributed by atoms with Crippen molar-refractivity contribution >= 4 is 23.2 Å². The third-order valence-corrected chi connectivity index (χ3v) is 2.68. The van der Waals surface area contributed by atoms with E-state index in [-0.39, 0.29) is 13.2 Å². The number of benzene rings is 1. The summed E-state index contributed by atoms with van der Waals surface area (Å²) in [6.07, 6.45) is -0.724. The SMILES string of the molecule is COCCONCC(O)COc1cc(Cl)ccc1Cl. The minimum atomic E-state index is -0.724. The van der Waals surface area contributed by atoms with Crippen LogP contribution < -0.4 is 10.2 Å². The van der Waals surface area contributed by atoms with E-state index in [9.17, 15) is 5.11 Å². The van der Waals surface area contributed by atoms with E-state index in [1.54, 1.807) is 25.3 Å². The molecule has 0 saturated heterocycles. The summed E-state index contributed by atoms with van der Waals surface area (Å²) in [5, 5.41) is 10.6. The lowest BCUT2D eigenvalue weighted by molar-refractivity contribution is -0.0173. The van der Waals surface area contributed by atoms with Gasteiger partial charge in [0.2, 0.25) is 0 Å². The van der Waals surface area contributed by atoms with Gasteiger partial charge in [-0.25, -0.2) is 0 Å². The van der Waals surface area contributed by atoms with Crippen LogP contribution in [0.4, 0.5) is 0 Å². The van der Waals surface area contributed by atoms with Crippen LogP contribution in [0.3, 0.4) is 0 Å². The van der Waals surface area contributed by atoms with Crippen molar-refractivity contribution in [1.29, 1.82) is 0 Å². The first-order chi connectivity index (χ1) is 9.13.